The van der Waals surface area contributed by atoms with Crippen LogP contribution in [0.4, 0.5) is 0 Å². The fourth-order valence-corrected chi connectivity index (χ4v) is 2.90. The Hall–Kier alpha value is -1.64. The Kier molecular flexibility index (Phi) is 4.94. The van der Waals surface area contributed by atoms with E-state index in [1.807, 2.05) is 31.2 Å². The summed E-state index contributed by atoms with van der Waals surface area (Å²) >= 11 is 1.70. The molecule has 0 spiro atoms. The fourth-order valence-electron chi connectivity index (χ4n) is 1.96. The highest BCUT2D eigenvalue weighted by Gasteiger charge is 2.21. The van der Waals surface area contributed by atoms with Crippen LogP contribution in [0.2, 0.25) is 0 Å². The molecule has 0 fully saturated rings. The first kappa shape index (κ1) is 14.8. The lowest BCUT2D eigenvalue weighted by Gasteiger charge is -2.18. The van der Waals surface area contributed by atoms with Gasteiger partial charge in [0.2, 0.25) is 0 Å². The van der Waals surface area contributed by atoms with Gasteiger partial charge in [-0.15, -0.1) is 11.8 Å². The topological polar surface area (TPSA) is 75.6 Å². The van der Waals surface area contributed by atoms with Crippen LogP contribution >= 0.6 is 11.8 Å². The molecule has 4 nitrogen and oxygen atoms in total. The first-order valence-corrected chi connectivity index (χ1v) is 7.70. The molecule has 0 aliphatic heterocycles. The van der Waals surface area contributed by atoms with Crippen LogP contribution in [0, 0.1) is 11.3 Å². The van der Waals surface area contributed by atoms with Crippen molar-refractivity contribution in [3.63, 3.8) is 0 Å². The van der Waals surface area contributed by atoms with E-state index in [4.69, 9.17) is 11.0 Å². The number of rotatable bonds is 6. The second-order valence-electron chi connectivity index (χ2n) is 4.77. The third-order valence-electron chi connectivity index (χ3n) is 3.37. The van der Waals surface area contributed by atoms with E-state index in [2.05, 4.69) is 16.0 Å². The average Bonchev–Trinajstić information content (AvgIpc) is 2.51. The molecule has 2 rings (SSSR count). The molecule has 0 aliphatic rings. The van der Waals surface area contributed by atoms with E-state index < -0.39 is 5.54 Å². The lowest BCUT2D eigenvalue weighted by Crippen LogP contribution is -2.37. The van der Waals surface area contributed by atoms with Crippen molar-refractivity contribution < 1.29 is 0 Å². The van der Waals surface area contributed by atoms with Gasteiger partial charge in [0.15, 0.2) is 0 Å². The summed E-state index contributed by atoms with van der Waals surface area (Å²) in [6.07, 6.45) is 3.90. The molecular weight excluding hydrogens is 268 g/mol. The molecule has 0 amide bonds. The Balaban J connectivity index is 1.96. The van der Waals surface area contributed by atoms with Crippen LogP contribution in [0.5, 0.6) is 0 Å². The van der Waals surface area contributed by atoms with Gasteiger partial charge in [-0.25, -0.2) is 9.97 Å². The normalized spacial score (nSPS) is 13.8. The zero-order valence-electron chi connectivity index (χ0n) is 11.5. The number of thioether (sulfide) groups is 1. The van der Waals surface area contributed by atoms with Gasteiger partial charge in [0.25, 0.3) is 0 Å². The van der Waals surface area contributed by atoms with E-state index >= 15 is 0 Å². The largest absolute Gasteiger partial charge is 0.313 e. The molecule has 1 heterocycles. The van der Waals surface area contributed by atoms with Crippen molar-refractivity contribution in [2.75, 3.05) is 5.75 Å². The molecule has 104 valence electrons. The summed E-state index contributed by atoms with van der Waals surface area (Å²) in [5.74, 6) is 0.904. The molecule has 0 aliphatic carbocycles. The van der Waals surface area contributed by atoms with E-state index in [0.717, 1.165) is 34.5 Å². The Morgan fingerprint density at radius 3 is 2.90 bits per heavy atom. The minimum Gasteiger partial charge on any atom is -0.313 e. The standard InChI is InChI=1S/C15H18N4S/c1-2-15(17,10-16)8-5-9-20-14-12-6-3-4-7-13(12)18-11-19-14/h3-4,6-7,11H,2,5,8-9,17H2,1H3. The van der Waals surface area contributed by atoms with Gasteiger partial charge in [-0.05, 0) is 31.1 Å². The molecule has 5 heteroatoms. The van der Waals surface area contributed by atoms with Crippen LogP contribution in [-0.4, -0.2) is 21.3 Å². The number of fused-ring (bicyclic) bond motifs is 1. The Bertz CT molecular complexity index is 617. The summed E-state index contributed by atoms with van der Waals surface area (Å²) in [6, 6.07) is 10.2. The third kappa shape index (κ3) is 3.47. The highest BCUT2D eigenvalue weighted by atomic mass is 32.2. The van der Waals surface area contributed by atoms with Crippen LogP contribution in [0.15, 0.2) is 35.6 Å². The lowest BCUT2D eigenvalue weighted by atomic mass is 9.94. The number of nitrogens with two attached hydrogens (primary N) is 1. The summed E-state index contributed by atoms with van der Waals surface area (Å²) in [5, 5.41) is 11.1. The molecular formula is C15H18N4S. The van der Waals surface area contributed by atoms with E-state index in [-0.39, 0.29) is 0 Å². The van der Waals surface area contributed by atoms with Gasteiger partial charge in [0.1, 0.15) is 16.9 Å². The minimum atomic E-state index is -0.686. The fraction of sp³-hybridized carbons (Fsp3) is 0.400. The van der Waals surface area contributed by atoms with Crippen molar-refractivity contribution in [3.8, 4) is 6.07 Å². The van der Waals surface area contributed by atoms with Crippen LogP contribution in [0.25, 0.3) is 10.9 Å². The van der Waals surface area contributed by atoms with Crippen molar-refractivity contribution in [1.82, 2.24) is 9.97 Å². The van der Waals surface area contributed by atoms with Gasteiger partial charge in [0, 0.05) is 5.39 Å². The van der Waals surface area contributed by atoms with E-state index in [1.165, 1.54) is 0 Å². The van der Waals surface area contributed by atoms with Gasteiger partial charge >= 0.3 is 0 Å². The van der Waals surface area contributed by atoms with Crippen molar-refractivity contribution >= 4 is 22.7 Å². The molecule has 0 saturated carbocycles. The monoisotopic (exact) mass is 286 g/mol. The smallest absolute Gasteiger partial charge is 0.117 e. The SMILES string of the molecule is CCC(N)(C#N)CCCSc1ncnc2ccccc12. The van der Waals surface area contributed by atoms with Crippen molar-refractivity contribution in [3.05, 3.63) is 30.6 Å². The molecule has 2 N–H and O–H groups in total. The third-order valence-corrected chi connectivity index (χ3v) is 4.46. The highest BCUT2D eigenvalue weighted by molar-refractivity contribution is 7.99. The van der Waals surface area contributed by atoms with Gasteiger partial charge in [-0.3, -0.25) is 0 Å². The molecule has 1 atom stereocenters. The number of nitriles is 1. The maximum absolute atomic E-state index is 9.04. The molecule has 1 aromatic heterocycles. The first-order chi connectivity index (χ1) is 9.68. The molecule has 20 heavy (non-hydrogen) atoms. The molecule has 2 aromatic rings. The number of hydrogen-bond acceptors (Lipinski definition) is 5. The number of nitrogens with zero attached hydrogens (tertiary/aromatic N) is 3. The number of benzene rings is 1. The maximum atomic E-state index is 9.04. The molecule has 0 saturated heterocycles. The summed E-state index contributed by atoms with van der Waals surface area (Å²) in [6.45, 7) is 1.95. The first-order valence-electron chi connectivity index (χ1n) is 6.71. The Morgan fingerprint density at radius 2 is 2.15 bits per heavy atom. The predicted octanol–water partition coefficient (Wildman–Crippen LogP) is 3.13. The summed E-state index contributed by atoms with van der Waals surface area (Å²) in [7, 11) is 0. The van der Waals surface area contributed by atoms with Crippen molar-refractivity contribution in [2.45, 2.75) is 36.8 Å². The predicted molar refractivity (Wildman–Crippen MR) is 82.3 cm³/mol. The lowest BCUT2D eigenvalue weighted by molar-refractivity contribution is 0.478. The number of para-hydroxylation sites is 1. The summed E-state index contributed by atoms with van der Waals surface area (Å²) in [4.78, 5) is 8.59. The van der Waals surface area contributed by atoms with Crippen LogP contribution in [-0.2, 0) is 0 Å². The van der Waals surface area contributed by atoms with Gasteiger partial charge in [-0.1, -0.05) is 25.1 Å². The van der Waals surface area contributed by atoms with Gasteiger partial charge in [-0.2, -0.15) is 5.26 Å². The molecule has 0 radical (unpaired) electrons. The zero-order valence-corrected chi connectivity index (χ0v) is 12.4. The quantitative estimate of drug-likeness (QED) is 0.501. The second-order valence-corrected chi connectivity index (χ2v) is 5.85. The molecule has 1 aromatic carbocycles. The Labute approximate surface area is 123 Å². The summed E-state index contributed by atoms with van der Waals surface area (Å²) in [5.41, 5.74) is 6.25. The summed E-state index contributed by atoms with van der Waals surface area (Å²) < 4.78 is 0. The van der Waals surface area contributed by atoms with Crippen LogP contribution < -0.4 is 5.73 Å². The minimum absolute atomic E-state index is 0.685. The van der Waals surface area contributed by atoms with E-state index in [9.17, 15) is 0 Å². The van der Waals surface area contributed by atoms with Crippen LogP contribution in [0.3, 0.4) is 0 Å². The van der Waals surface area contributed by atoms with Crippen molar-refractivity contribution in [1.29, 1.82) is 5.26 Å². The molecule has 1 unspecified atom stereocenters. The number of aromatic nitrogens is 2. The van der Waals surface area contributed by atoms with Gasteiger partial charge in [0.05, 0.1) is 11.6 Å². The zero-order chi connectivity index (χ0) is 14.4. The highest BCUT2D eigenvalue weighted by Crippen LogP contribution is 2.25. The number of hydrogen-bond donors (Lipinski definition) is 1. The van der Waals surface area contributed by atoms with E-state index in [0.29, 0.717) is 6.42 Å². The average molecular weight is 286 g/mol. The van der Waals surface area contributed by atoms with E-state index in [1.54, 1.807) is 18.1 Å². The van der Waals surface area contributed by atoms with Crippen LogP contribution in [0.1, 0.15) is 26.2 Å². The molecule has 0 bridgehead atoms. The maximum Gasteiger partial charge on any atom is 0.117 e. The van der Waals surface area contributed by atoms with Gasteiger partial charge < -0.3 is 5.73 Å². The second kappa shape index (κ2) is 6.69. The Morgan fingerprint density at radius 1 is 1.35 bits per heavy atom. The van der Waals surface area contributed by atoms with Crippen molar-refractivity contribution in [2.24, 2.45) is 5.73 Å².